The minimum atomic E-state index is -0.792. The van der Waals surface area contributed by atoms with Crippen LogP contribution in [0.4, 0.5) is 11.4 Å². The number of nitrogens with zero attached hydrogens (tertiary/aromatic N) is 2. The van der Waals surface area contributed by atoms with Gasteiger partial charge in [0.15, 0.2) is 6.29 Å². The molecule has 0 aliphatic heterocycles. The van der Waals surface area contributed by atoms with Crippen molar-refractivity contribution < 1.29 is 29.2 Å². The monoisotopic (exact) mass is 468 g/mol. The number of ether oxygens (including phenoxy) is 2. The lowest BCUT2D eigenvalue weighted by Gasteiger charge is -2.07. The molecule has 0 radical (unpaired) electrons. The van der Waals surface area contributed by atoms with E-state index < -0.39 is 21.2 Å². The molecule has 0 aromatic heterocycles. The van der Waals surface area contributed by atoms with Gasteiger partial charge in [-0.1, -0.05) is 24.3 Å². The highest BCUT2D eigenvalue weighted by Crippen LogP contribution is 2.24. The molecule has 0 atom stereocenters. The average molecular weight is 468 g/mol. The Balaban J connectivity index is 0.000000257. The molecule has 0 fully saturated rings. The topological polar surface area (TPSA) is 142 Å². The maximum Gasteiger partial charge on any atom is 0.277 e. The van der Waals surface area contributed by atoms with Crippen molar-refractivity contribution in [2.45, 2.75) is 12.8 Å². The number of non-ortho nitro benzene ring substituents is 2. The lowest BCUT2D eigenvalue weighted by Crippen LogP contribution is -1.99. The molecule has 0 saturated heterocycles. The molecule has 3 aromatic carbocycles. The zero-order valence-corrected chi connectivity index (χ0v) is 18.5. The van der Waals surface area contributed by atoms with E-state index in [4.69, 9.17) is 9.47 Å². The molecule has 3 rings (SSSR count). The van der Waals surface area contributed by atoms with E-state index in [0.29, 0.717) is 12.9 Å². The third-order valence-corrected chi connectivity index (χ3v) is 4.55. The van der Waals surface area contributed by atoms with Gasteiger partial charge in [0.2, 0.25) is 0 Å². The highest BCUT2D eigenvalue weighted by atomic mass is 16.6. The Morgan fingerprint density at radius 1 is 0.824 bits per heavy atom. The number of unbranched alkanes of at least 4 members (excludes halogenated alkanes) is 1. The number of benzene rings is 3. The van der Waals surface area contributed by atoms with Crippen molar-refractivity contribution in [1.82, 2.24) is 0 Å². The van der Waals surface area contributed by atoms with Gasteiger partial charge < -0.3 is 14.6 Å². The normalized spacial score (nSPS) is 10.0. The third-order valence-electron chi connectivity index (χ3n) is 4.55. The van der Waals surface area contributed by atoms with Crippen LogP contribution in [-0.2, 0) is 4.74 Å². The van der Waals surface area contributed by atoms with Crippen molar-refractivity contribution in [1.29, 1.82) is 0 Å². The molecule has 34 heavy (non-hydrogen) atoms. The highest BCUT2D eigenvalue weighted by Gasteiger charge is 2.15. The molecule has 0 heterocycles. The fraction of sp³-hybridized carbons (Fsp3) is 0.208. The Bertz CT molecular complexity index is 1070. The van der Waals surface area contributed by atoms with E-state index in [1.54, 1.807) is 19.2 Å². The van der Waals surface area contributed by atoms with Gasteiger partial charge in [-0.05, 0) is 48.2 Å². The summed E-state index contributed by atoms with van der Waals surface area (Å²) in [6.07, 6.45) is 2.33. The molecule has 0 aliphatic rings. The Hall–Kier alpha value is -4.31. The molecule has 3 aromatic rings. The molecule has 0 saturated carbocycles. The van der Waals surface area contributed by atoms with E-state index in [2.05, 4.69) is 0 Å². The number of phenolic OH excluding ortho intramolecular Hbond substituents is 1. The SMILES string of the molecule is COCCCCOc1ccc(-c2ccc(O)cc2)cc1.O=Cc1cc([N+](=O)[O-])cc([N+](=O)[O-])c1. The van der Waals surface area contributed by atoms with Crippen LogP contribution >= 0.6 is 0 Å². The lowest BCUT2D eigenvalue weighted by atomic mass is 10.1. The van der Waals surface area contributed by atoms with E-state index in [0.717, 1.165) is 54.5 Å². The van der Waals surface area contributed by atoms with E-state index in [-0.39, 0.29) is 11.3 Å². The van der Waals surface area contributed by atoms with Gasteiger partial charge in [0.1, 0.15) is 11.5 Å². The van der Waals surface area contributed by atoms with Crippen LogP contribution in [-0.4, -0.2) is 41.6 Å². The van der Waals surface area contributed by atoms with Gasteiger partial charge in [0.05, 0.1) is 22.5 Å². The van der Waals surface area contributed by atoms with Crippen LogP contribution in [0.2, 0.25) is 0 Å². The van der Waals surface area contributed by atoms with Gasteiger partial charge in [0, 0.05) is 31.4 Å². The second-order valence-corrected chi connectivity index (χ2v) is 7.03. The summed E-state index contributed by atoms with van der Waals surface area (Å²) >= 11 is 0. The summed E-state index contributed by atoms with van der Waals surface area (Å²) in [7, 11) is 1.71. The molecule has 0 amide bonds. The summed E-state index contributed by atoms with van der Waals surface area (Å²) in [6.45, 7) is 1.49. The summed E-state index contributed by atoms with van der Waals surface area (Å²) in [6, 6.07) is 17.9. The first kappa shape index (κ1) is 25.9. The van der Waals surface area contributed by atoms with Crippen LogP contribution in [0.25, 0.3) is 11.1 Å². The van der Waals surface area contributed by atoms with Gasteiger partial charge in [-0.2, -0.15) is 0 Å². The van der Waals surface area contributed by atoms with Gasteiger partial charge >= 0.3 is 0 Å². The Labute approximate surface area is 195 Å². The number of aldehydes is 1. The molecule has 1 N–H and O–H groups in total. The predicted octanol–water partition coefficient (Wildman–Crippen LogP) is 5.18. The second kappa shape index (κ2) is 13.3. The van der Waals surface area contributed by atoms with Crippen LogP contribution in [0.5, 0.6) is 11.5 Å². The van der Waals surface area contributed by atoms with Crippen molar-refractivity contribution in [2.75, 3.05) is 20.3 Å². The number of carbonyl (C=O) groups excluding carboxylic acids is 1. The maximum absolute atomic E-state index is 10.3. The molecule has 0 spiro atoms. The van der Waals surface area contributed by atoms with Crippen LogP contribution < -0.4 is 4.74 Å². The first-order chi connectivity index (χ1) is 16.3. The number of hydrogen-bond donors (Lipinski definition) is 1. The number of nitro groups is 2. The molecule has 0 unspecified atom stereocenters. The van der Waals surface area contributed by atoms with Crippen LogP contribution in [0, 0.1) is 20.2 Å². The number of phenols is 1. The van der Waals surface area contributed by atoms with E-state index in [1.807, 2.05) is 36.4 Å². The largest absolute Gasteiger partial charge is 0.508 e. The number of rotatable bonds is 10. The quantitative estimate of drug-likeness (QED) is 0.186. The molecule has 10 heteroatoms. The predicted molar refractivity (Wildman–Crippen MR) is 125 cm³/mol. The first-order valence-electron chi connectivity index (χ1n) is 10.2. The van der Waals surface area contributed by atoms with Crippen LogP contribution in [0.15, 0.2) is 66.7 Å². The molecule has 0 aliphatic carbocycles. The molecule has 178 valence electrons. The molecule has 10 nitrogen and oxygen atoms in total. The van der Waals surface area contributed by atoms with Crippen molar-refractivity contribution >= 4 is 17.7 Å². The summed E-state index contributed by atoms with van der Waals surface area (Å²) in [5.74, 6) is 1.16. The number of hydrogen-bond acceptors (Lipinski definition) is 8. The zero-order valence-electron chi connectivity index (χ0n) is 18.5. The van der Waals surface area contributed by atoms with E-state index >= 15 is 0 Å². The summed E-state index contributed by atoms with van der Waals surface area (Å²) in [5.41, 5.74) is 1.15. The maximum atomic E-state index is 10.3. The van der Waals surface area contributed by atoms with Crippen LogP contribution in [0.3, 0.4) is 0 Å². The van der Waals surface area contributed by atoms with Gasteiger partial charge in [0.25, 0.3) is 11.4 Å². The van der Waals surface area contributed by atoms with Gasteiger partial charge in [-0.25, -0.2) is 0 Å². The lowest BCUT2D eigenvalue weighted by molar-refractivity contribution is -0.394. The summed E-state index contributed by atoms with van der Waals surface area (Å²) in [5, 5.41) is 29.9. The van der Waals surface area contributed by atoms with Crippen LogP contribution in [0.1, 0.15) is 23.2 Å². The fourth-order valence-corrected chi connectivity index (χ4v) is 2.83. The summed E-state index contributed by atoms with van der Waals surface area (Å²) in [4.78, 5) is 29.3. The van der Waals surface area contributed by atoms with Crippen molar-refractivity contribution in [3.8, 4) is 22.6 Å². The fourth-order valence-electron chi connectivity index (χ4n) is 2.83. The minimum Gasteiger partial charge on any atom is -0.508 e. The second-order valence-electron chi connectivity index (χ2n) is 7.03. The number of methoxy groups -OCH3 is 1. The third kappa shape index (κ3) is 8.32. The standard InChI is InChI=1S/C17H20O3.C7H4N2O5/c1-19-12-2-3-13-20-17-10-6-15(7-11-17)14-4-8-16(18)9-5-14;10-4-5-1-6(8(11)12)3-7(2-5)9(13)14/h4-11,18H,2-3,12-13H2,1H3;1-4H. The first-order valence-corrected chi connectivity index (χ1v) is 10.2. The molecular weight excluding hydrogens is 444 g/mol. The van der Waals surface area contributed by atoms with Gasteiger partial charge in [-0.3, -0.25) is 25.0 Å². The molecular formula is C24H24N2O8. The Kier molecular flexibility index (Phi) is 10.1. The zero-order chi connectivity index (χ0) is 24.9. The Morgan fingerprint density at radius 3 is 1.79 bits per heavy atom. The Morgan fingerprint density at radius 2 is 1.32 bits per heavy atom. The number of carbonyl (C=O) groups is 1. The smallest absolute Gasteiger partial charge is 0.277 e. The summed E-state index contributed by atoms with van der Waals surface area (Å²) < 4.78 is 10.7. The van der Waals surface area contributed by atoms with E-state index in [9.17, 15) is 30.1 Å². The number of aromatic hydroxyl groups is 1. The molecule has 0 bridgehead atoms. The van der Waals surface area contributed by atoms with Crippen molar-refractivity contribution in [2.24, 2.45) is 0 Å². The number of nitro benzene ring substituents is 2. The minimum absolute atomic E-state index is 0.0918. The highest BCUT2D eigenvalue weighted by molar-refractivity contribution is 5.77. The van der Waals surface area contributed by atoms with E-state index in [1.165, 1.54) is 0 Å². The van der Waals surface area contributed by atoms with Crippen molar-refractivity contribution in [3.05, 3.63) is 92.5 Å². The average Bonchev–Trinajstić information content (AvgIpc) is 2.85. The van der Waals surface area contributed by atoms with Gasteiger partial charge in [-0.15, -0.1) is 0 Å². The van der Waals surface area contributed by atoms with Crippen molar-refractivity contribution in [3.63, 3.8) is 0 Å².